The van der Waals surface area contributed by atoms with Gasteiger partial charge in [-0.05, 0) is 37.5 Å². The van der Waals surface area contributed by atoms with Crippen LogP contribution in [0, 0.1) is 11.8 Å². The van der Waals surface area contributed by atoms with Crippen molar-refractivity contribution in [3.8, 4) is 0 Å². The molecule has 0 radical (unpaired) electrons. The largest absolute Gasteiger partial charge is 0.472 e. The van der Waals surface area contributed by atoms with Crippen LogP contribution >= 0.6 is 15.6 Å². The first-order valence-electron chi connectivity index (χ1n) is 43.0. The third-order valence-electron chi connectivity index (χ3n) is 19.5. The van der Waals surface area contributed by atoms with Crippen LogP contribution in [0.25, 0.3) is 0 Å². The first kappa shape index (κ1) is 100. The van der Waals surface area contributed by atoms with Crippen LogP contribution in [-0.2, 0) is 65.4 Å². The summed E-state index contributed by atoms with van der Waals surface area (Å²) in [7, 11) is -9.92. The molecule has 0 saturated heterocycles. The molecule has 0 amide bonds. The van der Waals surface area contributed by atoms with E-state index in [1.54, 1.807) is 0 Å². The van der Waals surface area contributed by atoms with E-state index in [0.29, 0.717) is 31.6 Å². The van der Waals surface area contributed by atoms with Gasteiger partial charge >= 0.3 is 39.5 Å². The number of esters is 4. The summed E-state index contributed by atoms with van der Waals surface area (Å²) < 4.78 is 68.8. The Kier molecular flexibility index (Phi) is 73.1. The van der Waals surface area contributed by atoms with E-state index in [4.69, 9.17) is 37.0 Å². The zero-order chi connectivity index (χ0) is 74.9. The minimum atomic E-state index is -4.96. The van der Waals surface area contributed by atoms with E-state index in [-0.39, 0.29) is 25.7 Å². The minimum Gasteiger partial charge on any atom is -0.462 e. The Hall–Kier alpha value is -1.94. The molecule has 0 aromatic rings. The van der Waals surface area contributed by atoms with Crippen molar-refractivity contribution in [2.45, 2.75) is 458 Å². The number of carbonyl (C=O) groups excluding carboxylic acids is 4. The number of aliphatic hydroxyl groups is 1. The zero-order valence-corrected chi connectivity index (χ0v) is 68.7. The number of ether oxygens (including phenoxy) is 4. The summed E-state index contributed by atoms with van der Waals surface area (Å²) in [5.74, 6) is -0.653. The molecule has 0 aliphatic heterocycles. The average Bonchev–Trinajstić information content (AvgIpc) is 0.917. The van der Waals surface area contributed by atoms with Crippen LogP contribution < -0.4 is 0 Å². The predicted octanol–water partition coefficient (Wildman–Crippen LogP) is 25.1. The maximum atomic E-state index is 13.1. The van der Waals surface area contributed by atoms with E-state index >= 15 is 0 Å². The molecule has 19 heteroatoms. The molecule has 0 aliphatic carbocycles. The number of phosphoric ester groups is 2. The maximum Gasteiger partial charge on any atom is 0.472 e. The van der Waals surface area contributed by atoms with Crippen molar-refractivity contribution in [2.75, 3.05) is 39.6 Å². The fourth-order valence-electron chi connectivity index (χ4n) is 12.9. The molecule has 0 rings (SSSR count). The molecule has 0 aliphatic rings. The number of unbranched alkanes of at least 4 members (excludes halogenated alkanes) is 52. The third kappa shape index (κ3) is 76.3. The molecular formula is C83H162O17P2. The van der Waals surface area contributed by atoms with Crippen molar-refractivity contribution in [2.24, 2.45) is 11.8 Å². The van der Waals surface area contributed by atoms with E-state index in [2.05, 4.69) is 41.5 Å². The lowest BCUT2D eigenvalue weighted by molar-refractivity contribution is -0.161. The van der Waals surface area contributed by atoms with E-state index in [0.717, 1.165) is 102 Å². The topological polar surface area (TPSA) is 237 Å². The van der Waals surface area contributed by atoms with Crippen molar-refractivity contribution in [3.05, 3.63) is 0 Å². The number of rotatable bonds is 82. The second-order valence-corrected chi connectivity index (χ2v) is 33.7. The molecule has 17 nitrogen and oxygen atoms in total. The molecule has 102 heavy (non-hydrogen) atoms. The Morgan fingerprint density at radius 1 is 0.265 bits per heavy atom. The van der Waals surface area contributed by atoms with Gasteiger partial charge in [0.15, 0.2) is 12.2 Å². The highest BCUT2D eigenvalue weighted by molar-refractivity contribution is 7.47. The fourth-order valence-corrected chi connectivity index (χ4v) is 14.5. The maximum absolute atomic E-state index is 13.1. The SMILES string of the molecule is CCCCCCCCCCCCCCCCCCCCCC(=O)OC[C@H](COP(=O)(O)OC[C@@H](O)COP(=O)(O)OC[C@@H](COC(=O)CCCCCCCCC(C)C)OC(=O)CCCCCCCCCCCCCCC(C)C)OC(=O)CCCCCCCCCCCCCCCCCCCCC. The van der Waals surface area contributed by atoms with Crippen LogP contribution in [0.5, 0.6) is 0 Å². The lowest BCUT2D eigenvalue weighted by Gasteiger charge is -2.21. The second-order valence-electron chi connectivity index (χ2n) is 30.8. The molecule has 0 fully saturated rings. The first-order valence-corrected chi connectivity index (χ1v) is 46.0. The van der Waals surface area contributed by atoms with E-state index < -0.39 is 97.5 Å². The fraction of sp³-hybridized carbons (Fsp3) is 0.952. The van der Waals surface area contributed by atoms with Crippen molar-refractivity contribution in [1.29, 1.82) is 0 Å². The van der Waals surface area contributed by atoms with Crippen LogP contribution in [0.2, 0.25) is 0 Å². The lowest BCUT2D eigenvalue weighted by Crippen LogP contribution is -2.30. The molecule has 606 valence electrons. The van der Waals surface area contributed by atoms with Gasteiger partial charge in [0.05, 0.1) is 26.4 Å². The lowest BCUT2D eigenvalue weighted by atomic mass is 10.0. The second kappa shape index (κ2) is 74.5. The van der Waals surface area contributed by atoms with Crippen LogP contribution in [0.1, 0.15) is 440 Å². The van der Waals surface area contributed by atoms with E-state index in [1.165, 1.54) is 250 Å². The normalized spacial score (nSPS) is 13.9. The number of carbonyl (C=O) groups is 4. The zero-order valence-electron chi connectivity index (χ0n) is 66.9. The number of aliphatic hydroxyl groups excluding tert-OH is 1. The third-order valence-corrected chi connectivity index (χ3v) is 21.4. The van der Waals surface area contributed by atoms with Crippen molar-refractivity contribution in [1.82, 2.24) is 0 Å². The summed E-state index contributed by atoms with van der Waals surface area (Å²) in [6.45, 7) is 9.57. The monoisotopic (exact) mass is 1490 g/mol. The summed E-state index contributed by atoms with van der Waals surface area (Å²) in [4.78, 5) is 73.1. The molecule has 0 aromatic carbocycles. The van der Waals surface area contributed by atoms with E-state index in [1.807, 2.05) is 0 Å². The predicted molar refractivity (Wildman–Crippen MR) is 418 cm³/mol. The molecule has 0 saturated carbocycles. The van der Waals surface area contributed by atoms with Gasteiger partial charge in [0.2, 0.25) is 0 Å². The van der Waals surface area contributed by atoms with Gasteiger partial charge in [0.25, 0.3) is 0 Å². The Balaban J connectivity index is 5.22. The van der Waals surface area contributed by atoms with Gasteiger partial charge in [-0.2, -0.15) is 0 Å². The summed E-state index contributed by atoms with van der Waals surface area (Å²) in [6.07, 6.45) is 65.5. The highest BCUT2D eigenvalue weighted by Gasteiger charge is 2.30. The van der Waals surface area contributed by atoms with E-state index in [9.17, 15) is 43.2 Å². The highest BCUT2D eigenvalue weighted by atomic mass is 31.2. The van der Waals surface area contributed by atoms with Crippen LogP contribution in [-0.4, -0.2) is 96.7 Å². The van der Waals surface area contributed by atoms with Gasteiger partial charge in [-0.25, -0.2) is 9.13 Å². The molecule has 0 spiro atoms. The van der Waals surface area contributed by atoms with Crippen LogP contribution in [0.3, 0.4) is 0 Å². The van der Waals surface area contributed by atoms with Gasteiger partial charge in [-0.1, -0.05) is 388 Å². The van der Waals surface area contributed by atoms with Crippen molar-refractivity contribution < 1.29 is 80.2 Å². The summed E-state index contributed by atoms with van der Waals surface area (Å²) >= 11 is 0. The quantitative estimate of drug-likeness (QED) is 0.0222. The average molecular weight is 1490 g/mol. The van der Waals surface area contributed by atoms with Crippen molar-refractivity contribution >= 4 is 39.5 Å². The number of hydrogen-bond donors (Lipinski definition) is 3. The summed E-state index contributed by atoms with van der Waals surface area (Å²) in [6, 6.07) is 0. The molecule has 0 aromatic heterocycles. The molecule has 0 bridgehead atoms. The van der Waals surface area contributed by atoms with Crippen LogP contribution in [0.15, 0.2) is 0 Å². The molecule has 3 N–H and O–H groups in total. The van der Waals surface area contributed by atoms with Gasteiger partial charge in [-0.3, -0.25) is 37.3 Å². The molecular weight excluding hydrogens is 1330 g/mol. The summed E-state index contributed by atoms with van der Waals surface area (Å²) in [5.41, 5.74) is 0. The summed E-state index contributed by atoms with van der Waals surface area (Å²) in [5, 5.41) is 10.6. The Labute approximate surface area is 626 Å². The molecule has 5 atom stereocenters. The smallest absolute Gasteiger partial charge is 0.462 e. The van der Waals surface area contributed by atoms with Gasteiger partial charge < -0.3 is 33.8 Å². The Bertz CT molecular complexity index is 1960. The van der Waals surface area contributed by atoms with Gasteiger partial charge in [0, 0.05) is 25.7 Å². The van der Waals surface area contributed by atoms with Crippen molar-refractivity contribution in [3.63, 3.8) is 0 Å². The number of hydrogen-bond acceptors (Lipinski definition) is 15. The standard InChI is InChI=1S/C83H162O17P2/c1-7-9-11-13-15-17-19-21-23-25-27-29-31-33-38-42-46-53-59-65-80(85)93-71-78(99-82(87)67-61-55-47-43-39-34-32-30-28-26-24-22-20-18-16-14-12-10-8-2)73-97-101(89,90)95-69-77(84)70-96-102(91,92)98-74-79(72-94-81(86)66-60-54-50-49-52-58-64-76(5)6)100-83(88)68-62-56-48-44-40-36-35-37-41-45-51-57-63-75(3)4/h75-79,84H,7-74H2,1-6H3,(H,89,90)(H,91,92)/t77-,78-,79-/m1/s1. The highest BCUT2D eigenvalue weighted by Crippen LogP contribution is 2.45. The number of phosphoric acid groups is 2. The molecule has 2 unspecified atom stereocenters. The van der Waals surface area contributed by atoms with Gasteiger partial charge in [0.1, 0.15) is 19.3 Å². The van der Waals surface area contributed by atoms with Crippen LogP contribution in [0.4, 0.5) is 0 Å². The minimum absolute atomic E-state index is 0.106. The Morgan fingerprint density at radius 2 is 0.451 bits per heavy atom. The van der Waals surface area contributed by atoms with Gasteiger partial charge in [-0.15, -0.1) is 0 Å². The molecule has 0 heterocycles. The first-order chi connectivity index (χ1) is 49.4. The Morgan fingerprint density at radius 3 is 0.667 bits per heavy atom.